The molecule has 326 valence electrons. The van der Waals surface area contributed by atoms with Crippen LogP contribution in [-0.2, 0) is 38.7 Å². The van der Waals surface area contributed by atoms with Gasteiger partial charge in [0, 0.05) is 12.5 Å². The minimum absolute atomic E-state index is 0.179. The molecule has 13 heteroatoms. The Morgan fingerprint density at radius 3 is 1.68 bits per heavy atom. The van der Waals surface area contributed by atoms with Gasteiger partial charge in [0.15, 0.2) is 12.4 Å². The van der Waals surface area contributed by atoms with E-state index in [4.69, 9.17) is 18.9 Å². The highest BCUT2D eigenvalue weighted by Gasteiger charge is 2.46. The van der Waals surface area contributed by atoms with E-state index in [1.54, 1.807) is 12.2 Å². The second kappa shape index (κ2) is 33.8. The first-order chi connectivity index (χ1) is 27.0. The van der Waals surface area contributed by atoms with Crippen molar-refractivity contribution in [3.8, 4) is 0 Å². The molecule has 1 aliphatic rings. The topological polar surface area (TPSA) is 186 Å². The number of unbranched alkanes of at least 4 members (excludes halogenated alkanes) is 20. The maximum absolute atomic E-state index is 12.7. The Labute approximate surface area is 338 Å². The van der Waals surface area contributed by atoms with Gasteiger partial charge in [0.05, 0.1) is 6.61 Å². The summed E-state index contributed by atoms with van der Waals surface area (Å²) in [4.78, 5) is 25.2. The lowest BCUT2D eigenvalue weighted by molar-refractivity contribution is -0.297. The fourth-order valence-corrected chi connectivity index (χ4v) is 7.09. The van der Waals surface area contributed by atoms with Gasteiger partial charge in [-0.2, -0.15) is 8.42 Å². The molecule has 0 aromatic carbocycles. The van der Waals surface area contributed by atoms with E-state index < -0.39 is 71.2 Å². The number of hydrogen-bond acceptors (Lipinski definition) is 11. The second-order valence-electron chi connectivity index (χ2n) is 15.1. The molecule has 2 unspecified atom stereocenters. The van der Waals surface area contributed by atoms with Crippen LogP contribution in [0.3, 0.4) is 0 Å². The van der Waals surface area contributed by atoms with Crippen LogP contribution in [-0.4, -0.2) is 96.0 Å². The highest BCUT2D eigenvalue weighted by Crippen LogP contribution is 2.24. The highest BCUT2D eigenvalue weighted by atomic mass is 32.2. The molecule has 6 atom stereocenters. The molecule has 0 aromatic rings. The molecule has 0 aromatic heterocycles. The Balaban J connectivity index is 2.54. The van der Waals surface area contributed by atoms with Crippen LogP contribution in [0.15, 0.2) is 36.5 Å². The lowest BCUT2D eigenvalue weighted by Gasteiger charge is -2.40. The predicted molar refractivity (Wildman–Crippen MR) is 219 cm³/mol. The van der Waals surface area contributed by atoms with E-state index in [1.807, 2.05) is 6.08 Å². The van der Waals surface area contributed by atoms with E-state index >= 15 is 0 Å². The summed E-state index contributed by atoms with van der Waals surface area (Å²) in [6.07, 6.45) is 28.3. The van der Waals surface area contributed by atoms with E-state index in [2.05, 4.69) is 26.0 Å². The summed E-state index contributed by atoms with van der Waals surface area (Å²) in [5.41, 5.74) is 0. The molecule has 1 rings (SSSR count). The summed E-state index contributed by atoms with van der Waals surface area (Å²) in [7, 11) is -4.61. The summed E-state index contributed by atoms with van der Waals surface area (Å²) in [6.45, 7) is 3.63. The van der Waals surface area contributed by atoms with Gasteiger partial charge in [-0.15, -0.1) is 0 Å². The number of carbonyl (C=O) groups excluding carboxylic acids is 2. The van der Waals surface area contributed by atoms with Gasteiger partial charge >= 0.3 is 11.9 Å². The number of aliphatic hydroxyl groups is 3. The fraction of sp³-hybridized carbons (Fsp3) is 0.814. The van der Waals surface area contributed by atoms with E-state index in [9.17, 15) is 37.9 Å². The Morgan fingerprint density at radius 1 is 0.643 bits per heavy atom. The largest absolute Gasteiger partial charge is 0.462 e. The van der Waals surface area contributed by atoms with Crippen molar-refractivity contribution >= 4 is 22.1 Å². The van der Waals surface area contributed by atoms with Crippen LogP contribution < -0.4 is 0 Å². The molecule has 1 aliphatic heterocycles. The number of hydrogen-bond donors (Lipinski definition) is 4. The number of rotatable bonds is 35. The minimum Gasteiger partial charge on any atom is -0.462 e. The smallest absolute Gasteiger partial charge is 0.331 e. The molecule has 0 radical (unpaired) electrons. The van der Waals surface area contributed by atoms with Gasteiger partial charge in [0.25, 0.3) is 10.1 Å². The molecular formula is C43H76O12S. The van der Waals surface area contributed by atoms with Crippen LogP contribution in [0.2, 0.25) is 0 Å². The molecule has 56 heavy (non-hydrogen) atoms. The quantitative estimate of drug-likeness (QED) is 0.0120. The molecule has 0 aliphatic carbocycles. The molecule has 12 nitrogen and oxygen atoms in total. The third kappa shape index (κ3) is 28.3. The Hall–Kier alpha value is -2.13. The van der Waals surface area contributed by atoms with Crippen molar-refractivity contribution in [3.63, 3.8) is 0 Å². The molecular weight excluding hydrogens is 741 g/mol. The van der Waals surface area contributed by atoms with Crippen molar-refractivity contribution in [2.45, 2.75) is 205 Å². The van der Waals surface area contributed by atoms with E-state index in [-0.39, 0.29) is 13.0 Å². The van der Waals surface area contributed by atoms with Crippen molar-refractivity contribution in [3.05, 3.63) is 36.5 Å². The van der Waals surface area contributed by atoms with Gasteiger partial charge in [-0.3, -0.25) is 9.35 Å². The highest BCUT2D eigenvalue weighted by molar-refractivity contribution is 7.85. The summed E-state index contributed by atoms with van der Waals surface area (Å²) < 4.78 is 53.7. The van der Waals surface area contributed by atoms with E-state index in [0.717, 1.165) is 44.9 Å². The van der Waals surface area contributed by atoms with Crippen molar-refractivity contribution < 1.29 is 56.8 Å². The number of carbonyl (C=O) groups is 2. The van der Waals surface area contributed by atoms with Crippen LogP contribution in [0.1, 0.15) is 168 Å². The van der Waals surface area contributed by atoms with E-state index in [1.165, 1.54) is 102 Å². The number of ether oxygens (including phenoxy) is 4. The van der Waals surface area contributed by atoms with Crippen molar-refractivity contribution in [2.24, 2.45) is 0 Å². The maximum atomic E-state index is 12.7. The molecule has 0 bridgehead atoms. The van der Waals surface area contributed by atoms with Crippen molar-refractivity contribution in [1.82, 2.24) is 0 Å². The van der Waals surface area contributed by atoms with Crippen LogP contribution in [0.4, 0.5) is 0 Å². The van der Waals surface area contributed by atoms with Crippen LogP contribution >= 0.6 is 0 Å². The Bertz CT molecular complexity index is 1190. The summed E-state index contributed by atoms with van der Waals surface area (Å²) in [5, 5.41) is 30.8. The van der Waals surface area contributed by atoms with Gasteiger partial charge in [0.2, 0.25) is 0 Å². The summed E-state index contributed by atoms with van der Waals surface area (Å²) >= 11 is 0. The molecule has 1 fully saturated rings. The normalized spacial score (nSPS) is 21.0. The lowest BCUT2D eigenvalue weighted by Crippen LogP contribution is -2.60. The fourth-order valence-electron chi connectivity index (χ4n) is 6.40. The van der Waals surface area contributed by atoms with Crippen LogP contribution in [0, 0.1) is 0 Å². The predicted octanol–water partition coefficient (Wildman–Crippen LogP) is 8.22. The average molecular weight is 817 g/mol. The Kier molecular flexibility index (Phi) is 31.3. The van der Waals surface area contributed by atoms with Crippen LogP contribution in [0.25, 0.3) is 0 Å². The molecule has 0 saturated carbocycles. The van der Waals surface area contributed by atoms with E-state index in [0.29, 0.717) is 6.42 Å². The molecule has 1 heterocycles. The molecule has 4 N–H and O–H groups in total. The monoisotopic (exact) mass is 817 g/mol. The van der Waals surface area contributed by atoms with Gasteiger partial charge < -0.3 is 34.3 Å². The van der Waals surface area contributed by atoms with Gasteiger partial charge in [-0.1, -0.05) is 147 Å². The number of allylic oxidation sites excluding steroid dienone is 5. The second-order valence-corrected chi connectivity index (χ2v) is 16.6. The standard InChI is InChI=1S/C43H76O12S/c1-3-5-7-9-11-13-15-17-18-20-22-24-26-28-30-32-39(45)54-36(34-53-43-42(48)41(47)40(46)37(55-43)35-56(49,50)51)33-52-38(44)31-29-27-25-23-21-19-16-14-12-10-8-6-4-2/h19,21,26,28,30,32,36-37,40-43,46-48H,3-18,20,22-25,27,29,31,33-35H2,1-2H3,(H,49,50,51)/b21-19+,28-26+,32-30+/t36-,37-,40-,41?,42?,43+/m1/s1. The first-order valence-electron chi connectivity index (χ1n) is 21.6. The van der Waals surface area contributed by atoms with Crippen LogP contribution in [0.5, 0.6) is 0 Å². The molecule has 1 saturated heterocycles. The zero-order chi connectivity index (χ0) is 41.3. The zero-order valence-corrected chi connectivity index (χ0v) is 35.3. The molecule has 0 amide bonds. The first-order valence-corrected chi connectivity index (χ1v) is 23.2. The lowest BCUT2D eigenvalue weighted by atomic mass is 10.00. The third-order valence-electron chi connectivity index (χ3n) is 9.80. The number of aliphatic hydroxyl groups excluding tert-OH is 3. The van der Waals surface area contributed by atoms with Gasteiger partial charge in [-0.25, -0.2) is 4.79 Å². The molecule has 0 spiro atoms. The summed E-state index contributed by atoms with van der Waals surface area (Å²) in [6, 6.07) is 0. The average Bonchev–Trinajstić information content (AvgIpc) is 3.16. The Morgan fingerprint density at radius 2 is 1.14 bits per heavy atom. The first kappa shape index (κ1) is 51.9. The van der Waals surface area contributed by atoms with Crippen molar-refractivity contribution in [2.75, 3.05) is 19.0 Å². The maximum Gasteiger partial charge on any atom is 0.331 e. The summed E-state index contributed by atoms with van der Waals surface area (Å²) in [5.74, 6) is -2.27. The third-order valence-corrected chi connectivity index (χ3v) is 10.5. The van der Waals surface area contributed by atoms with Crippen molar-refractivity contribution in [1.29, 1.82) is 0 Å². The number of esters is 2. The SMILES string of the molecule is CCCCCCCC/C=C/CCCCCC(=O)OC[C@H](CO[C@H]1O[C@H](CS(=O)(=O)O)[C@@H](O)C(O)C1O)OC(=O)/C=C/C=C/CCCCCCCCCCCCC. The minimum atomic E-state index is -4.61. The zero-order valence-electron chi connectivity index (χ0n) is 34.5. The van der Waals surface area contributed by atoms with Gasteiger partial charge in [0.1, 0.15) is 36.8 Å². The van der Waals surface area contributed by atoms with Gasteiger partial charge in [-0.05, 0) is 44.9 Å².